The summed E-state index contributed by atoms with van der Waals surface area (Å²) in [6.07, 6.45) is 3.38. The highest BCUT2D eigenvalue weighted by Crippen LogP contribution is 2.22. The Labute approximate surface area is 119 Å². The number of carbonyl (C=O) groups is 1. The molecule has 1 N–H and O–H groups in total. The zero-order valence-corrected chi connectivity index (χ0v) is 12.4. The second kappa shape index (κ2) is 5.97. The average Bonchev–Trinajstić information content (AvgIpc) is 2.39. The largest absolute Gasteiger partial charge is 0.390 e. The number of aliphatic hydroxyl groups is 1. The molecule has 0 bridgehead atoms. The molecule has 2 rings (SSSR count). The summed E-state index contributed by atoms with van der Waals surface area (Å²) in [6.45, 7) is 3.11. The first kappa shape index (κ1) is 14.4. The van der Waals surface area contributed by atoms with E-state index in [0.717, 1.165) is 11.3 Å². The van der Waals surface area contributed by atoms with E-state index in [4.69, 9.17) is 0 Å². The van der Waals surface area contributed by atoms with Crippen LogP contribution in [-0.2, 0) is 5.75 Å². The number of thioether (sulfide) groups is 1. The molecule has 1 aliphatic rings. The summed E-state index contributed by atoms with van der Waals surface area (Å²) in [7, 11) is 0. The van der Waals surface area contributed by atoms with Crippen molar-refractivity contribution in [1.82, 2.24) is 4.90 Å². The number of hydrogen-bond donors (Lipinski definition) is 1. The molecule has 0 atom stereocenters. The standard InChI is InChI=1S/C15H21NO2S/c1-15(18)7-9-16(10-8-15)14(17)13-5-3-12(4-6-13)11-19-2/h3-6,18H,7-11H2,1-2H3. The van der Waals surface area contributed by atoms with Crippen LogP contribution < -0.4 is 0 Å². The zero-order valence-electron chi connectivity index (χ0n) is 11.6. The van der Waals surface area contributed by atoms with Gasteiger partial charge in [-0.3, -0.25) is 4.79 Å². The predicted molar refractivity (Wildman–Crippen MR) is 79.4 cm³/mol. The van der Waals surface area contributed by atoms with Gasteiger partial charge in [0.25, 0.3) is 5.91 Å². The van der Waals surface area contributed by atoms with Crippen LogP contribution in [0.4, 0.5) is 0 Å². The van der Waals surface area contributed by atoms with E-state index in [1.807, 2.05) is 36.1 Å². The monoisotopic (exact) mass is 279 g/mol. The van der Waals surface area contributed by atoms with Crippen LogP contribution >= 0.6 is 11.8 Å². The van der Waals surface area contributed by atoms with Crippen LogP contribution in [0.1, 0.15) is 35.7 Å². The van der Waals surface area contributed by atoms with Crippen molar-refractivity contribution in [3.8, 4) is 0 Å². The Kier molecular flexibility index (Phi) is 4.53. The molecule has 1 aromatic carbocycles. The van der Waals surface area contributed by atoms with E-state index in [-0.39, 0.29) is 5.91 Å². The van der Waals surface area contributed by atoms with Crippen LogP contribution in [-0.4, -0.2) is 40.9 Å². The summed E-state index contributed by atoms with van der Waals surface area (Å²) >= 11 is 1.77. The average molecular weight is 279 g/mol. The van der Waals surface area contributed by atoms with Crippen molar-refractivity contribution >= 4 is 17.7 Å². The Morgan fingerprint density at radius 3 is 2.42 bits per heavy atom. The molecule has 4 heteroatoms. The summed E-state index contributed by atoms with van der Waals surface area (Å²) in [5.41, 5.74) is 1.37. The number of nitrogens with zero attached hydrogens (tertiary/aromatic N) is 1. The molecule has 1 aliphatic heterocycles. The van der Waals surface area contributed by atoms with E-state index >= 15 is 0 Å². The molecular formula is C15H21NO2S. The van der Waals surface area contributed by atoms with Crippen molar-refractivity contribution in [3.05, 3.63) is 35.4 Å². The smallest absolute Gasteiger partial charge is 0.253 e. The van der Waals surface area contributed by atoms with Crippen LogP contribution in [0.3, 0.4) is 0 Å². The molecule has 1 fully saturated rings. The van der Waals surface area contributed by atoms with E-state index < -0.39 is 5.60 Å². The lowest BCUT2D eigenvalue weighted by atomic mass is 9.93. The Morgan fingerprint density at radius 1 is 1.32 bits per heavy atom. The molecule has 0 spiro atoms. The van der Waals surface area contributed by atoms with Gasteiger partial charge in [0.05, 0.1) is 5.60 Å². The van der Waals surface area contributed by atoms with E-state index in [1.54, 1.807) is 11.8 Å². The topological polar surface area (TPSA) is 40.5 Å². The van der Waals surface area contributed by atoms with Gasteiger partial charge in [0.2, 0.25) is 0 Å². The molecule has 19 heavy (non-hydrogen) atoms. The normalized spacial score (nSPS) is 18.4. The van der Waals surface area contributed by atoms with E-state index in [1.165, 1.54) is 5.56 Å². The third-order valence-electron chi connectivity index (χ3n) is 3.64. The van der Waals surface area contributed by atoms with Gasteiger partial charge in [0, 0.05) is 24.4 Å². The van der Waals surface area contributed by atoms with E-state index in [2.05, 4.69) is 6.26 Å². The lowest BCUT2D eigenvalue weighted by Crippen LogP contribution is -2.45. The van der Waals surface area contributed by atoms with Gasteiger partial charge in [-0.25, -0.2) is 0 Å². The number of likely N-dealkylation sites (tertiary alicyclic amines) is 1. The van der Waals surface area contributed by atoms with Gasteiger partial charge in [-0.1, -0.05) is 12.1 Å². The molecule has 0 saturated carbocycles. The second-order valence-electron chi connectivity index (χ2n) is 5.42. The Hall–Kier alpha value is -1.00. The molecule has 1 heterocycles. The molecule has 104 valence electrons. The molecule has 1 amide bonds. The number of amides is 1. The molecule has 1 saturated heterocycles. The summed E-state index contributed by atoms with van der Waals surface area (Å²) in [4.78, 5) is 14.2. The van der Waals surface area contributed by atoms with Gasteiger partial charge >= 0.3 is 0 Å². The van der Waals surface area contributed by atoms with Gasteiger partial charge in [0.1, 0.15) is 0 Å². The van der Waals surface area contributed by atoms with Crippen LogP contribution in [0.25, 0.3) is 0 Å². The number of benzene rings is 1. The van der Waals surface area contributed by atoms with Crippen molar-refractivity contribution in [2.75, 3.05) is 19.3 Å². The summed E-state index contributed by atoms with van der Waals surface area (Å²) in [5, 5.41) is 9.90. The summed E-state index contributed by atoms with van der Waals surface area (Å²) in [6, 6.07) is 7.84. The first-order valence-corrected chi connectivity index (χ1v) is 8.01. The maximum Gasteiger partial charge on any atom is 0.253 e. The van der Waals surface area contributed by atoms with E-state index in [0.29, 0.717) is 25.9 Å². The molecule has 0 aromatic heterocycles. The first-order valence-electron chi connectivity index (χ1n) is 6.61. The number of carbonyl (C=O) groups excluding carboxylic acids is 1. The quantitative estimate of drug-likeness (QED) is 0.924. The van der Waals surface area contributed by atoms with Crippen LogP contribution in [0.15, 0.2) is 24.3 Å². The van der Waals surface area contributed by atoms with E-state index in [9.17, 15) is 9.90 Å². The van der Waals surface area contributed by atoms with Gasteiger partial charge in [-0.05, 0) is 43.7 Å². The highest BCUT2D eigenvalue weighted by atomic mass is 32.2. The second-order valence-corrected chi connectivity index (χ2v) is 6.29. The van der Waals surface area contributed by atoms with Crippen LogP contribution in [0, 0.1) is 0 Å². The molecule has 0 unspecified atom stereocenters. The number of hydrogen-bond acceptors (Lipinski definition) is 3. The minimum Gasteiger partial charge on any atom is -0.390 e. The molecule has 3 nitrogen and oxygen atoms in total. The minimum absolute atomic E-state index is 0.0752. The van der Waals surface area contributed by atoms with Crippen molar-refractivity contribution in [2.45, 2.75) is 31.1 Å². The molecule has 0 aliphatic carbocycles. The fraction of sp³-hybridized carbons (Fsp3) is 0.533. The van der Waals surface area contributed by atoms with Crippen LogP contribution in [0.2, 0.25) is 0 Å². The zero-order chi connectivity index (χ0) is 13.9. The van der Waals surface area contributed by atoms with Gasteiger partial charge in [0.15, 0.2) is 0 Å². The molecular weight excluding hydrogens is 258 g/mol. The predicted octanol–water partition coefficient (Wildman–Crippen LogP) is 2.54. The van der Waals surface area contributed by atoms with Crippen molar-refractivity contribution in [2.24, 2.45) is 0 Å². The Bertz CT molecular complexity index is 432. The maximum atomic E-state index is 12.3. The fourth-order valence-electron chi connectivity index (χ4n) is 2.28. The Morgan fingerprint density at radius 2 is 1.89 bits per heavy atom. The van der Waals surface area contributed by atoms with Crippen molar-refractivity contribution in [3.63, 3.8) is 0 Å². The lowest BCUT2D eigenvalue weighted by molar-refractivity contribution is -0.00202. The maximum absolute atomic E-state index is 12.3. The third kappa shape index (κ3) is 3.74. The third-order valence-corrected chi connectivity index (χ3v) is 4.26. The van der Waals surface area contributed by atoms with Gasteiger partial charge < -0.3 is 10.0 Å². The highest BCUT2D eigenvalue weighted by Gasteiger charge is 2.29. The number of rotatable bonds is 3. The summed E-state index contributed by atoms with van der Waals surface area (Å²) < 4.78 is 0. The Balaban J connectivity index is 2.00. The molecule has 0 radical (unpaired) electrons. The minimum atomic E-state index is -0.612. The highest BCUT2D eigenvalue weighted by molar-refractivity contribution is 7.97. The lowest BCUT2D eigenvalue weighted by Gasteiger charge is -2.35. The SMILES string of the molecule is CSCc1ccc(C(=O)N2CCC(C)(O)CC2)cc1. The fourth-order valence-corrected chi connectivity index (χ4v) is 2.81. The molecule has 1 aromatic rings. The van der Waals surface area contributed by atoms with Gasteiger partial charge in [-0.2, -0.15) is 11.8 Å². The first-order chi connectivity index (χ1) is 9.02. The van der Waals surface area contributed by atoms with Crippen LogP contribution in [0.5, 0.6) is 0 Å². The van der Waals surface area contributed by atoms with Gasteiger partial charge in [-0.15, -0.1) is 0 Å². The summed E-state index contributed by atoms with van der Waals surface area (Å²) in [5.74, 6) is 1.05. The van der Waals surface area contributed by atoms with Crippen molar-refractivity contribution in [1.29, 1.82) is 0 Å². The van der Waals surface area contributed by atoms with Crippen molar-refractivity contribution < 1.29 is 9.90 Å². The number of piperidine rings is 1.